The van der Waals surface area contributed by atoms with Crippen LogP contribution in [-0.2, 0) is 14.3 Å². The first-order valence-electron chi connectivity index (χ1n) is 6.12. The molecule has 17 heavy (non-hydrogen) atoms. The molecule has 1 fully saturated rings. The molecular weight excluding hydrogens is 216 g/mol. The van der Waals surface area contributed by atoms with E-state index in [-0.39, 0.29) is 11.4 Å². The van der Waals surface area contributed by atoms with E-state index >= 15 is 0 Å². The summed E-state index contributed by atoms with van der Waals surface area (Å²) < 4.78 is 10.6. The Bertz CT molecular complexity index is 358. The third-order valence-electron chi connectivity index (χ3n) is 3.91. The largest absolute Gasteiger partial charge is 0.501 e. The zero-order valence-electron chi connectivity index (χ0n) is 10.6. The highest BCUT2D eigenvalue weighted by atomic mass is 16.5. The third kappa shape index (κ3) is 2.38. The molecule has 0 aliphatic heterocycles. The topological polar surface area (TPSA) is 35.5 Å². The molecule has 0 saturated heterocycles. The second-order valence-corrected chi connectivity index (χ2v) is 5.12. The van der Waals surface area contributed by atoms with Crippen molar-refractivity contribution in [2.24, 2.45) is 17.3 Å². The Balaban J connectivity index is 2.06. The van der Waals surface area contributed by atoms with Crippen molar-refractivity contribution < 1.29 is 14.3 Å². The normalized spacial score (nSPS) is 34.4. The second-order valence-electron chi connectivity index (χ2n) is 5.12. The molecule has 2 aliphatic carbocycles. The van der Waals surface area contributed by atoms with E-state index in [0.717, 1.165) is 25.0 Å². The van der Waals surface area contributed by atoms with Crippen molar-refractivity contribution in [3.63, 3.8) is 0 Å². The highest BCUT2D eigenvalue weighted by molar-refractivity contribution is 5.66. The summed E-state index contributed by atoms with van der Waals surface area (Å²) >= 11 is 0. The van der Waals surface area contributed by atoms with Crippen molar-refractivity contribution in [3.05, 3.63) is 24.5 Å². The molecule has 0 spiro atoms. The molecule has 0 radical (unpaired) electrons. The number of allylic oxidation sites excluding steroid dienone is 2. The van der Waals surface area contributed by atoms with Crippen molar-refractivity contribution in [2.75, 3.05) is 13.7 Å². The van der Waals surface area contributed by atoms with E-state index in [4.69, 9.17) is 9.47 Å². The molecule has 0 unspecified atom stereocenters. The average Bonchev–Trinajstić information content (AvgIpc) is 2.99. The number of hydrogen-bond donors (Lipinski definition) is 0. The number of hydrogen-bond acceptors (Lipinski definition) is 3. The van der Waals surface area contributed by atoms with Crippen LogP contribution in [0.3, 0.4) is 0 Å². The summed E-state index contributed by atoms with van der Waals surface area (Å²) in [5, 5.41) is 0. The molecule has 3 atom stereocenters. The summed E-state index contributed by atoms with van der Waals surface area (Å²) in [6.45, 7) is 5.74. The smallest absolute Gasteiger partial charge is 0.302 e. The minimum atomic E-state index is -0.203. The fourth-order valence-electron chi connectivity index (χ4n) is 2.85. The van der Waals surface area contributed by atoms with Crippen molar-refractivity contribution in [2.45, 2.75) is 26.2 Å². The zero-order chi connectivity index (χ0) is 12.5. The predicted molar refractivity (Wildman–Crippen MR) is 65.2 cm³/mol. The lowest BCUT2D eigenvalue weighted by Crippen LogP contribution is -2.21. The summed E-state index contributed by atoms with van der Waals surface area (Å²) in [4.78, 5) is 10.9. The number of carbonyl (C=O) groups is 1. The number of methoxy groups -OCH3 is 1. The summed E-state index contributed by atoms with van der Waals surface area (Å²) in [5.41, 5.74) is 0.0642. The Morgan fingerprint density at radius 3 is 3.06 bits per heavy atom. The number of rotatable bonds is 5. The van der Waals surface area contributed by atoms with Crippen LogP contribution in [0.15, 0.2) is 24.5 Å². The molecule has 2 rings (SSSR count). The van der Waals surface area contributed by atoms with Crippen LogP contribution >= 0.6 is 0 Å². The van der Waals surface area contributed by atoms with E-state index in [1.54, 1.807) is 7.11 Å². The van der Waals surface area contributed by atoms with E-state index < -0.39 is 0 Å². The number of esters is 1. The summed E-state index contributed by atoms with van der Waals surface area (Å²) in [6, 6.07) is 0. The van der Waals surface area contributed by atoms with Gasteiger partial charge in [0.1, 0.15) is 6.61 Å². The van der Waals surface area contributed by atoms with Crippen LogP contribution in [-0.4, -0.2) is 19.7 Å². The van der Waals surface area contributed by atoms with Gasteiger partial charge in [0.25, 0.3) is 0 Å². The number of ether oxygens (including phenoxy) is 2. The lowest BCUT2D eigenvalue weighted by atomic mass is 9.85. The molecule has 3 nitrogen and oxygen atoms in total. The maximum absolute atomic E-state index is 10.9. The van der Waals surface area contributed by atoms with Gasteiger partial charge in [-0.05, 0) is 31.3 Å². The molecule has 1 saturated carbocycles. The Kier molecular flexibility index (Phi) is 3.27. The monoisotopic (exact) mass is 236 g/mol. The molecule has 2 aliphatic rings. The lowest BCUT2D eigenvalue weighted by Gasteiger charge is -2.26. The standard InChI is InChI=1S/C14H20O3/c1-4-5-11-6-12-7-14(12,8-13(11)16-3)9-17-10(2)15/h4,8,11-12H,1,5-7,9H2,2-3H3/t11-,12+,14+/m1/s1. The first-order valence-corrected chi connectivity index (χ1v) is 6.12. The molecule has 0 heterocycles. The molecule has 94 valence electrons. The molecule has 3 heteroatoms. The van der Waals surface area contributed by atoms with Crippen LogP contribution < -0.4 is 0 Å². The van der Waals surface area contributed by atoms with E-state index in [9.17, 15) is 4.79 Å². The lowest BCUT2D eigenvalue weighted by molar-refractivity contribution is -0.142. The van der Waals surface area contributed by atoms with Crippen LogP contribution in [0, 0.1) is 17.3 Å². The van der Waals surface area contributed by atoms with E-state index in [1.165, 1.54) is 6.92 Å². The Hall–Kier alpha value is -1.25. The molecule has 0 N–H and O–H groups in total. The van der Waals surface area contributed by atoms with Crippen molar-refractivity contribution in [3.8, 4) is 0 Å². The minimum Gasteiger partial charge on any atom is -0.501 e. The molecule has 0 bridgehead atoms. The Labute approximate surface area is 102 Å². The van der Waals surface area contributed by atoms with E-state index in [1.807, 2.05) is 6.08 Å². The van der Waals surface area contributed by atoms with E-state index in [2.05, 4.69) is 12.7 Å². The van der Waals surface area contributed by atoms with Gasteiger partial charge in [0.2, 0.25) is 0 Å². The van der Waals surface area contributed by atoms with Gasteiger partial charge < -0.3 is 9.47 Å². The van der Waals surface area contributed by atoms with Gasteiger partial charge in [-0.2, -0.15) is 0 Å². The predicted octanol–water partition coefficient (Wildman–Crippen LogP) is 2.68. The number of carbonyl (C=O) groups excluding carboxylic acids is 1. The average molecular weight is 236 g/mol. The SMILES string of the molecule is C=CC[C@@H]1C[C@H]2C[C@@]2(COC(C)=O)C=C1OC. The van der Waals surface area contributed by atoms with Gasteiger partial charge in [-0.3, -0.25) is 4.79 Å². The van der Waals surface area contributed by atoms with Gasteiger partial charge in [-0.25, -0.2) is 0 Å². The van der Waals surface area contributed by atoms with Gasteiger partial charge in [0.05, 0.1) is 12.9 Å². The molecular formula is C14H20O3. The van der Waals surface area contributed by atoms with Crippen molar-refractivity contribution in [1.82, 2.24) is 0 Å². The van der Waals surface area contributed by atoms with Crippen LogP contribution in [0.4, 0.5) is 0 Å². The van der Waals surface area contributed by atoms with Crippen molar-refractivity contribution in [1.29, 1.82) is 0 Å². The highest BCUT2D eigenvalue weighted by Crippen LogP contribution is 2.61. The maximum Gasteiger partial charge on any atom is 0.302 e. The molecule has 0 amide bonds. The van der Waals surface area contributed by atoms with Crippen LogP contribution in [0.5, 0.6) is 0 Å². The van der Waals surface area contributed by atoms with Gasteiger partial charge in [0, 0.05) is 18.3 Å². The van der Waals surface area contributed by atoms with Gasteiger partial charge >= 0.3 is 5.97 Å². The van der Waals surface area contributed by atoms with Crippen LogP contribution in [0.1, 0.15) is 26.2 Å². The second kappa shape index (κ2) is 4.55. The Morgan fingerprint density at radius 1 is 1.71 bits per heavy atom. The van der Waals surface area contributed by atoms with Gasteiger partial charge in [0.15, 0.2) is 0 Å². The summed E-state index contributed by atoms with van der Waals surface area (Å²) in [6.07, 6.45) is 7.31. The van der Waals surface area contributed by atoms with Gasteiger partial charge in [-0.1, -0.05) is 6.08 Å². The van der Waals surface area contributed by atoms with Crippen LogP contribution in [0.2, 0.25) is 0 Å². The maximum atomic E-state index is 10.9. The summed E-state index contributed by atoms with van der Waals surface area (Å²) in [5.74, 6) is 1.93. The highest BCUT2D eigenvalue weighted by Gasteiger charge is 2.57. The Morgan fingerprint density at radius 2 is 2.47 bits per heavy atom. The summed E-state index contributed by atoms with van der Waals surface area (Å²) in [7, 11) is 1.71. The molecule has 0 aromatic rings. The minimum absolute atomic E-state index is 0.0642. The van der Waals surface area contributed by atoms with Crippen molar-refractivity contribution >= 4 is 5.97 Å². The van der Waals surface area contributed by atoms with Crippen LogP contribution in [0.25, 0.3) is 0 Å². The molecule has 0 aromatic carbocycles. The third-order valence-corrected chi connectivity index (χ3v) is 3.91. The zero-order valence-corrected chi connectivity index (χ0v) is 10.6. The van der Waals surface area contributed by atoms with E-state index in [0.29, 0.717) is 18.4 Å². The first kappa shape index (κ1) is 12.2. The number of fused-ring (bicyclic) bond motifs is 1. The quantitative estimate of drug-likeness (QED) is 0.544. The van der Waals surface area contributed by atoms with Gasteiger partial charge in [-0.15, -0.1) is 6.58 Å². The fraction of sp³-hybridized carbons (Fsp3) is 0.643. The first-order chi connectivity index (χ1) is 8.11. The molecule has 0 aromatic heterocycles. The fourth-order valence-corrected chi connectivity index (χ4v) is 2.85.